The number of methoxy groups -OCH3 is 1. The van der Waals surface area contributed by atoms with Crippen LogP contribution in [0, 0.1) is 34.0 Å². The molecule has 9 nitrogen and oxygen atoms in total. The first-order chi connectivity index (χ1) is 16.0. The van der Waals surface area contributed by atoms with Crippen LogP contribution in [0.1, 0.15) is 35.2 Å². The summed E-state index contributed by atoms with van der Waals surface area (Å²) < 4.78 is 10.8. The van der Waals surface area contributed by atoms with Gasteiger partial charge in [0, 0.05) is 51.4 Å². The van der Waals surface area contributed by atoms with E-state index in [0.717, 1.165) is 45.5 Å². The van der Waals surface area contributed by atoms with Gasteiger partial charge in [-0.05, 0) is 25.3 Å². The molecule has 3 rings (SSSR count). The van der Waals surface area contributed by atoms with E-state index < -0.39 is 0 Å². The topological polar surface area (TPSA) is 134 Å². The second-order valence-electron chi connectivity index (χ2n) is 7.83. The number of carbonyl (C=O) groups excluding carboxylic acids is 1. The number of ether oxygens (including phenoxy) is 2. The number of rotatable bonds is 8. The smallest absolute Gasteiger partial charge is 0.255 e. The number of nitrogens with zero attached hydrogens (tertiary/aromatic N) is 4. The lowest BCUT2D eigenvalue weighted by atomic mass is 10.0. The van der Waals surface area contributed by atoms with Crippen LogP contribution in [-0.2, 0) is 11.2 Å². The zero-order valence-electron chi connectivity index (χ0n) is 18.4. The monoisotopic (exact) mass is 468 g/mol. The molecule has 33 heavy (non-hydrogen) atoms. The van der Waals surface area contributed by atoms with E-state index in [-0.39, 0.29) is 28.2 Å². The maximum absolute atomic E-state index is 13.1. The van der Waals surface area contributed by atoms with Crippen molar-refractivity contribution in [3.8, 4) is 24.0 Å². The molecule has 1 fully saturated rings. The molecule has 0 spiro atoms. The Hall–Kier alpha value is -3.29. The summed E-state index contributed by atoms with van der Waals surface area (Å²) in [6.07, 6.45) is 3.18. The summed E-state index contributed by atoms with van der Waals surface area (Å²) in [6, 6.07) is 6.75. The second-order valence-corrected chi connectivity index (χ2v) is 8.24. The molecule has 2 N–H and O–H groups in total. The fraction of sp³-hybridized carbons (Fsp3) is 0.478. The highest BCUT2D eigenvalue weighted by Crippen LogP contribution is 2.41. The molecule has 0 unspecified atom stereocenters. The molecule has 1 aromatic carbocycles. The van der Waals surface area contributed by atoms with Crippen LogP contribution in [0.4, 0.5) is 5.69 Å². The molecule has 0 saturated carbocycles. The molecule has 1 aromatic rings. The van der Waals surface area contributed by atoms with Crippen molar-refractivity contribution in [1.29, 1.82) is 15.8 Å². The number of halogens is 1. The summed E-state index contributed by atoms with van der Waals surface area (Å²) >= 11 is 6.46. The van der Waals surface area contributed by atoms with Crippen molar-refractivity contribution >= 4 is 23.2 Å². The van der Waals surface area contributed by atoms with Gasteiger partial charge in [0.15, 0.2) is 5.57 Å². The molecule has 2 heterocycles. The van der Waals surface area contributed by atoms with Crippen LogP contribution in [0.15, 0.2) is 17.3 Å². The molecule has 172 valence electrons. The number of hydrogen-bond donors (Lipinski definition) is 2. The number of likely N-dealkylation sites (tertiary alicyclic amines) is 1. The van der Waals surface area contributed by atoms with Gasteiger partial charge in [0.1, 0.15) is 29.7 Å². The number of amides is 1. The number of allylic oxidation sites excluding steroid dienone is 2. The van der Waals surface area contributed by atoms with E-state index >= 15 is 0 Å². The first-order valence-corrected chi connectivity index (χ1v) is 11.1. The van der Waals surface area contributed by atoms with Gasteiger partial charge < -0.3 is 25.0 Å². The van der Waals surface area contributed by atoms with Crippen LogP contribution in [0.5, 0.6) is 5.75 Å². The Morgan fingerprint density at radius 2 is 2.00 bits per heavy atom. The van der Waals surface area contributed by atoms with Gasteiger partial charge in [0.05, 0.1) is 22.9 Å². The van der Waals surface area contributed by atoms with Crippen molar-refractivity contribution in [1.82, 2.24) is 10.2 Å². The van der Waals surface area contributed by atoms with Crippen LogP contribution in [0.3, 0.4) is 0 Å². The number of benzene rings is 1. The van der Waals surface area contributed by atoms with E-state index in [0.29, 0.717) is 35.6 Å². The SMILES string of the molecule is COCCCN1CCC(NC(=O)c2cc(Cl)c(NC(C#N)=C(C#N)C#N)c3c2OCC3)CC1. The molecule has 0 atom stereocenters. The van der Waals surface area contributed by atoms with Gasteiger partial charge in [-0.2, -0.15) is 15.8 Å². The van der Waals surface area contributed by atoms with Gasteiger partial charge in [-0.1, -0.05) is 11.6 Å². The standard InChI is InChI=1S/C23H25ClN6O3/c1-32-9-2-6-30-7-3-16(4-8-30)28-23(31)18-11-19(24)21(17-5-10-33-22(17)18)29-20(14-27)15(12-25)13-26/h11,16,29H,2-10H2,1H3,(H,28,31). The number of nitrogens with one attached hydrogen (secondary N) is 2. The number of hydrogen-bond acceptors (Lipinski definition) is 8. The number of anilines is 1. The molecule has 0 radical (unpaired) electrons. The normalized spacial score (nSPS) is 15.4. The van der Waals surface area contributed by atoms with Crippen LogP contribution in [-0.4, -0.2) is 56.8 Å². The van der Waals surface area contributed by atoms with Crippen molar-refractivity contribution in [2.75, 3.05) is 45.3 Å². The van der Waals surface area contributed by atoms with Crippen molar-refractivity contribution < 1.29 is 14.3 Å². The molecular weight excluding hydrogens is 444 g/mol. The average molecular weight is 469 g/mol. The summed E-state index contributed by atoms with van der Waals surface area (Å²) in [5.41, 5.74) is 0.791. The highest BCUT2D eigenvalue weighted by atomic mass is 35.5. The maximum Gasteiger partial charge on any atom is 0.255 e. The predicted molar refractivity (Wildman–Crippen MR) is 122 cm³/mol. The van der Waals surface area contributed by atoms with E-state index in [1.54, 1.807) is 19.2 Å². The van der Waals surface area contributed by atoms with Crippen LogP contribution in [0.2, 0.25) is 5.02 Å². The molecule has 0 bridgehead atoms. The second kappa shape index (κ2) is 11.5. The van der Waals surface area contributed by atoms with Crippen molar-refractivity contribution in [2.45, 2.75) is 31.7 Å². The minimum Gasteiger partial charge on any atom is -0.492 e. The summed E-state index contributed by atoms with van der Waals surface area (Å²) in [7, 11) is 1.70. The summed E-state index contributed by atoms with van der Waals surface area (Å²) in [5, 5.41) is 33.6. The Balaban J connectivity index is 1.74. The Labute approximate surface area is 198 Å². The van der Waals surface area contributed by atoms with Gasteiger partial charge in [-0.15, -0.1) is 0 Å². The van der Waals surface area contributed by atoms with Gasteiger partial charge in [-0.25, -0.2) is 0 Å². The Morgan fingerprint density at radius 3 is 2.64 bits per heavy atom. The van der Waals surface area contributed by atoms with E-state index in [1.165, 1.54) is 6.07 Å². The minimum absolute atomic E-state index is 0.0618. The minimum atomic E-state index is -0.350. The number of carbonyl (C=O) groups is 1. The molecule has 2 aliphatic heterocycles. The van der Waals surface area contributed by atoms with Gasteiger partial charge in [0.25, 0.3) is 5.91 Å². The number of piperidine rings is 1. The quantitative estimate of drug-likeness (QED) is 0.439. The fourth-order valence-electron chi connectivity index (χ4n) is 4.05. The van der Waals surface area contributed by atoms with E-state index in [1.807, 2.05) is 6.07 Å². The molecule has 1 saturated heterocycles. The molecule has 2 aliphatic rings. The Bertz CT molecular complexity index is 1040. The van der Waals surface area contributed by atoms with Gasteiger partial charge >= 0.3 is 0 Å². The lowest BCUT2D eigenvalue weighted by molar-refractivity contribution is 0.0904. The molecule has 10 heteroatoms. The summed E-state index contributed by atoms with van der Waals surface area (Å²) in [5.74, 6) is 0.148. The van der Waals surface area contributed by atoms with E-state index in [4.69, 9.17) is 31.6 Å². The highest BCUT2D eigenvalue weighted by molar-refractivity contribution is 6.34. The maximum atomic E-state index is 13.1. The molecule has 1 amide bonds. The molecule has 0 aliphatic carbocycles. The largest absolute Gasteiger partial charge is 0.492 e. The van der Waals surface area contributed by atoms with Crippen molar-refractivity contribution in [3.05, 3.63) is 33.5 Å². The third-order valence-corrected chi connectivity index (χ3v) is 6.05. The zero-order chi connectivity index (χ0) is 23.8. The predicted octanol–water partition coefficient (Wildman–Crippen LogP) is 2.74. The zero-order valence-corrected chi connectivity index (χ0v) is 19.2. The fourth-order valence-corrected chi connectivity index (χ4v) is 4.32. The Morgan fingerprint density at radius 1 is 1.27 bits per heavy atom. The van der Waals surface area contributed by atoms with E-state index in [2.05, 4.69) is 15.5 Å². The lowest BCUT2D eigenvalue weighted by Crippen LogP contribution is -2.45. The summed E-state index contributed by atoms with van der Waals surface area (Å²) in [4.78, 5) is 15.4. The molecular formula is C23H25ClN6O3. The van der Waals surface area contributed by atoms with E-state index in [9.17, 15) is 10.1 Å². The third kappa shape index (κ3) is 5.74. The number of fused-ring (bicyclic) bond motifs is 1. The average Bonchev–Trinajstić information content (AvgIpc) is 3.31. The first kappa shape index (κ1) is 24.4. The Kier molecular flexibility index (Phi) is 8.52. The van der Waals surface area contributed by atoms with Gasteiger partial charge in [0.2, 0.25) is 0 Å². The summed E-state index contributed by atoms with van der Waals surface area (Å²) in [6.45, 7) is 3.91. The third-order valence-electron chi connectivity index (χ3n) is 5.75. The lowest BCUT2D eigenvalue weighted by Gasteiger charge is -2.32. The first-order valence-electron chi connectivity index (χ1n) is 10.7. The van der Waals surface area contributed by atoms with Crippen LogP contribution in [0.25, 0.3) is 0 Å². The van der Waals surface area contributed by atoms with Gasteiger partial charge in [-0.3, -0.25) is 4.79 Å². The number of nitriles is 3. The van der Waals surface area contributed by atoms with Crippen molar-refractivity contribution in [3.63, 3.8) is 0 Å². The van der Waals surface area contributed by atoms with Crippen LogP contribution < -0.4 is 15.4 Å². The molecule has 0 aromatic heterocycles. The van der Waals surface area contributed by atoms with Crippen LogP contribution >= 0.6 is 11.6 Å². The van der Waals surface area contributed by atoms with Crippen molar-refractivity contribution in [2.24, 2.45) is 0 Å². The highest BCUT2D eigenvalue weighted by Gasteiger charge is 2.29.